The first kappa shape index (κ1) is 10.4. The van der Waals surface area contributed by atoms with Gasteiger partial charge in [-0.25, -0.2) is 9.67 Å². The molecule has 16 heavy (non-hydrogen) atoms. The summed E-state index contributed by atoms with van der Waals surface area (Å²) < 4.78 is 1.38. The van der Waals surface area contributed by atoms with E-state index in [1.165, 1.54) is 10.7 Å². The average molecular weight is 216 g/mol. The smallest absolute Gasteiger partial charge is 0.267 e. The molecule has 5 nitrogen and oxygen atoms in total. The Morgan fingerprint density at radius 3 is 2.94 bits per heavy atom. The van der Waals surface area contributed by atoms with Crippen molar-refractivity contribution < 1.29 is 0 Å². The number of hydrogen-bond acceptors (Lipinski definition) is 4. The van der Waals surface area contributed by atoms with Gasteiger partial charge < -0.3 is 5.73 Å². The number of aromatic nitrogens is 3. The highest BCUT2D eigenvalue weighted by molar-refractivity contribution is 5.38. The van der Waals surface area contributed by atoms with Crippen LogP contribution < -0.4 is 11.3 Å². The van der Waals surface area contributed by atoms with Crippen LogP contribution in [0.4, 0.5) is 5.82 Å². The summed E-state index contributed by atoms with van der Waals surface area (Å²) in [6, 6.07) is 6.80. The molecular formula is C11H12N4O. The summed E-state index contributed by atoms with van der Waals surface area (Å²) >= 11 is 0. The number of nitrogens with zero attached hydrogens (tertiary/aromatic N) is 3. The third-order valence-corrected chi connectivity index (χ3v) is 2.25. The zero-order chi connectivity index (χ0) is 11.5. The van der Waals surface area contributed by atoms with Crippen molar-refractivity contribution >= 4 is 5.82 Å². The Kier molecular flexibility index (Phi) is 2.68. The molecule has 2 heterocycles. The van der Waals surface area contributed by atoms with E-state index in [9.17, 15) is 4.79 Å². The van der Waals surface area contributed by atoms with Gasteiger partial charge in [-0.3, -0.25) is 4.79 Å². The molecule has 0 atom stereocenters. The Morgan fingerprint density at radius 2 is 2.19 bits per heavy atom. The standard InChI is InChI=1S/C11H12N4O/c1-8-4-5-10(16)15(14-8)7-9-3-2-6-13-11(9)12/h2-6H,7H2,1H3,(H2,12,13). The maximum atomic E-state index is 11.5. The van der Waals surface area contributed by atoms with Crippen molar-refractivity contribution in [1.82, 2.24) is 14.8 Å². The lowest BCUT2D eigenvalue weighted by atomic mass is 10.2. The van der Waals surface area contributed by atoms with Crippen molar-refractivity contribution in [2.75, 3.05) is 5.73 Å². The maximum absolute atomic E-state index is 11.5. The molecule has 0 aliphatic carbocycles. The van der Waals surface area contributed by atoms with E-state index < -0.39 is 0 Å². The molecule has 0 unspecified atom stereocenters. The monoisotopic (exact) mass is 216 g/mol. The third kappa shape index (κ3) is 2.08. The van der Waals surface area contributed by atoms with Crippen LogP contribution in [0.1, 0.15) is 11.3 Å². The van der Waals surface area contributed by atoms with Gasteiger partial charge in [-0.2, -0.15) is 5.10 Å². The first-order chi connectivity index (χ1) is 7.66. The Hall–Kier alpha value is -2.17. The Bertz CT molecular complexity index is 562. The molecule has 0 spiro atoms. The van der Waals surface area contributed by atoms with E-state index in [4.69, 9.17) is 5.73 Å². The molecule has 0 fully saturated rings. The summed E-state index contributed by atoms with van der Waals surface area (Å²) in [7, 11) is 0. The molecule has 2 N–H and O–H groups in total. The predicted molar refractivity (Wildman–Crippen MR) is 61.0 cm³/mol. The van der Waals surface area contributed by atoms with Crippen LogP contribution >= 0.6 is 0 Å². The van der Waals surface area contributed by atoms with Gasteiger partial charge in [0.2, 0.25) is 0 Å². The Morgan fingerprint density at radius 1 is 1.38 bits per heavy atom. The molecule has 5 heteroatoms. The molecule has 2 rings (SSSR count). The summed E-state index contributed by atoms with van der Waals surface area (Å²) in [6.07, 6.45) is 1.62. The highest BCUT2D eigenvalue weighted by atomic mass is 16.1. The molecule has 0 saturated heterocycles. The number of nitrogen functional groups attached to an aromatic ring is 1. The zero-order valence-electron chi connectivity index (χ0n) is 8.92. The van der Waals surface area contributed by atoms with Gasteiger partial charge >= 0.3 is 0 Å². The number of rotatable bonds is 2. The summed E-state index contributed by atoms with van der Waals surface area (Å²) in [5, 5.41) is 4.13. The summed E-state index contributed by atoms with van der Waals surface area (Å²) in [4.78, 5) is 15.5. The normalized spacial score (nSPS) is 10.3. The molecule has 0 bridgehead atoms. The van der Waals surface area contributed by atoms with E-state index in [-0.39, 0.29) is 5.56 Å². The molecule has 82 valence electrons. The maximum Gasteiger partial charge on any atom is 0.267 e. The van der Waals surface area contributed by atoms with E-state index >= 15 is 0 Å². The number of hydrogen-bond donors (Lipinski definition) is 1. The van der Waals surface area contributed by atoms with Crippen molar-refractivity contribution in [2.24, 2.45) is 0 Å². The van der Waals surface area contributed by atoms with Crippen molar-refractivity contribution in [3.63, 3.8) is 0 Å². The Balaban J connectivity index is 2.38. The van der Waals surface area contributed by atoms with Crippen LogP contribution in [0.2, 0.25) is 0 Å². The van der Waals surface area contributed by atoms with Gasteiger partial charge in [-0.1, -0.05) is 6.07 Å². The lowest BCUT2D eigenvalue weighted by molar-refractivity contribution is 0.628. The van der Waals surface area contributed by atoms with E-state index in [1.54, 1.807) is 18.3 Å². The number of nitrogens with two attached hydrogens (primary N) is 1. The SMILES string of the molecule is Cc1ccc(=O)n(Cc2cccnc2N)n1. The van der Waals surface area contributed by atoms with E-state index in [0.717, 1.165) is 11.3 Å². The second kappa shape index (κ2) is 4.14. The Labute approximate surface area is 92.6 Å². The van der Waals surface area contributed by atoms with Crippen LogP contribution in [0.25, 0.3) is 0 Å². The molecule has 2 aromatic heterocycles. The minimum atomic E-state index is -0.145. The highest BCUT2D eigenvalue weighted by Gasteiger charge is 2.03. The highest BCUT2D eigenvalue weighted by Crippen LogP contribution is 2.07. The molecule has 2 aromatic rings. The second-order valence-electron chi connectivity index (χ2n) is 3.52. The van der Waals surface area contributed by atoms with Gasteiger partial charge in [0, 0.05) is 17.8 Å². The van der Waals surface area contributed by atoms with E-state index in [2.05, 4.69) is 10.1 Å². The molecular weight excluding hydrogens is 204 g/mol. The van der Waals surface area contributed by atoms with Crippen molar-refractivity contribution in [1.29, 1.82) is 0 Å². The van der Waals surface area contributed by atoms with Crippen LogP contribution in [0.15, 0.2) is 35.3 Å². The van der Waals surface area contributed by atoms with Gasteiger partial charge in [0.15, 0.2) is 0 Å². The summed E-state index contributed by atoms with van der Waals surface area (Å²) in [5.41, 5.74) is 7.15. The quantitative estimate of drug-likeness (QED) is 0.796. The zero-order valence-corrected chi connectivity index (χ0v) is 8.92. The largest absolute Gasteiger partial charge is 0.383 e. The van der Waals surface area contributed by atoms with E-state index in [1.807, 2.05) is 13.0 Å². The fraction of sp³-hybridized carbons (Fsp3) is 0.182. The minimum Gasteiger partial charge on any atom is -0.383 e. The summed E-state index contributed by atoms with van der Waals surface area (Å²) in [5.74, 6) is 0.428. The van der Waals surface area contributed by atoms with Crippen molar-refractivity contribution in [2.45, 2.75) is 13.5 Å². The van der Waals surface area contributed by atoms with Crippen LogP contribution in [0.3, 0.4) is 0 Å². The molecule has 0 aliphatic heterocycles. The van der Waals surface area contributed by atoms with Crippen LogP contribution in [-0.2, 0) is 6.54 Å². The van der Waals surface area contributed by atoms with Crippen molar-refractivity contribution in [3.8, 4) is 0 Å². The summed E-state index contributed by atoms with van der Waals surface area (Å²) in [6.45, 7) is 2.18. The number of aryl methyl sites for hydroxylation is 1. The first-order valence-electron chi connectivity index (χ1n) is 4.91. The van der Waals surface area contributed by atoms with Crippen LogP contribution in [0, 0.1) is 6.92 Å². The molecule has 0 aliphatic rings. The fourth-order valence-corrected chi connectivity index (χ4v) is 1.41. The number of pyridine rings is 1. The van der Waals surface area contributed by atoms with Gasteiger partial charge in [0.05, 0.1) is 12.2 Å². The van der Waals surface area contributed by atoms with Crippen LogP contribution in [-0.4, -0.2) is 14.8 Å². The molecule has 0 aromatic carbocycles. The average Bonchev–Trinajstić information content (AvgIpc) is 2.27. The van der Waals surface area contributed by atoms with Gasteiger partial charge in [-0.05, 0) is 19.1 Å². The van der Waals surface area contributed by atoms with Crippen molar-refractivity contribution in [3.05, 3.63) is 52.1 Å². The lowest BCUT2D eigenvalue weighted by Crippen LogP contribution is -2.23. The predicted octanol–water partition coefficient (Wildman–Crippen LogP) is 0.577. The van der Waals surface area contributed by atoms with Gasteiger partial charge in [0.25, 0.3) is 5.56 Å². The van der Waals surface area contributed by atoms with Gasteiger partial charge in [0.1, 0.15) is 5.82 Å². The molecule has 0 amide bonds. The fourth-order valence-electron chi connectivity index (χ4n) is 1.41. The first-order valence-corrected chi connectivity index (χ1v) is 4.91. The number of anilines is 1. The topological polar surface area (TPSA) is 73.8 Å². The second-order valence-corrected chi connectivity index (χ2v) is 3.52. The third-order valence-electron chi connectivity index (χ3n) is 2.25. The molecule has 0 radical (unpaired) electrons. The lowest BCUT2D eigenvalue weighted by Gasteiger charge is -2.06. The minimum absolute atomic E-state index is 0.145. The molecule has 0 saturated carbocycles. The van der Waals surface area contributed by atoms with Gasteiger partial charge in [-0.15, -0.1) is 0 Å². The van der Waals surface area contributed by atoms with Crippen LogP contribution in [0.5, 0.6) is 0 Å². The van der Waals surface area contributed by atoms with E-state index in [0.29, 0.717) is 12.4 Å².